The van der Waals surface area contributed by atoms with E-state index in [1.165, 1.54) is 24.3 Å². The van der Waals surface area contributed by atoms with E-state index in [0.29, 0.717) is 10.7 Å². The molecular formula is C19H17ClN2O3S. The molecule has 0 fully saturated rings. The zero-order valence-corrected chi connectivity index (χ0v) is 15.3. The number of anilines is 1. The van der Waals surface area contributed by atoms with Gasteiger partial charge in [-0.3, -0.25) is 4.79 Å². The fourth-order valence-corrected chi connectivity index (χ4v) is 3.64. The molecule has 0 radical (unpaired) electrons. The number of sulfonamides is 1. The molecule has 134 valence electrons. The van der Waals surface area contributed by atoms with Gasteiger partial charge in [-0.2, -0.15) is 0 Å². The highest BCUT2D eigenvalue weighted by molar-refractivity contribution is 7.89. The Morgan fingerprint density at radius 3 is 2.35 bits per heavy atom. The lowest BCUT2D eigenvalue weighted by Gasteiger charge is -2.08. The Bertz CT molecular complexity index is 1030. The molecule has 0 atom stereocenters. The number of nitrogens with one attached hydrogen (secondary N) is 2. The highest BCUT2D eigenvalue weighted by atomic mass is 35.5. The molecule has 0 saturated carbocycles. The Hall–Kier alpha value is -2.41. The summed E-state index contributed by atoms with van der Waals surface area (Å²) in [5.41, 5.74) is 0.675. The first-order valence-electron chi connectivity index (χ1n) is 7.98. The number of carbonyl (C=O) groups excluding carboxylic acids is 1. The number of fused-ring (bicyclic) bond motifs is 1. The Morgan fingerprint density at radius 2 is 1.62 bits per heavy atom. The number of hydrogen-bond acceptors (Lipinski definition) is 3. The molecule has 5 nitrogen and oxygen atoms in total. The maximum absolute atomic E-state index is 12.1. The van der Waals surface area contributed by atoms with Gasteiger partial charge in [-0.25, -0.2) is 13.1 Å². The summed E-state index contributed by atoms with van der Waals surface area (Å²) in [6, 6.07) is 19.3. The van der Waals surface area contributed by atoms with Crippen molar-refractivity contribution >= 4 is 44.0 Å². The molecule has 0 saturated heterocycles. The summed E-state index contributed by atoms with van der Waals surface area (Å²) in [4.78, 5) is 12.2. The van der Waals surface area contributed by atoms with Crippen molar-refractivity contribution < 1.29 is 13.2 Å². The van der Waals surface area contributed by atoms with Crippen LogP contribution >= 0.6 is 11.6 Å². The zero-order chi connectivity index (χ0) is 18.6. The largest absolute Gasteiger partial charge is 0.326 e. The fourth-order valence-electron chi connectivity index (χ4n) is 2.49. The van der Waals surface area contributed by atoms with Crippen molar-refractivity contribution in [3.8, 4) is 0 Å². The van der Waals surface area contributed by atoms with Crippen LogP contribution in [-0.4, -0.2) is 20.9 Å². The minimum Gasteiger partial charge on any atom is -0.326 e. The van der Waals surface area contributed by atoms with E-state index in [9.17, 15) is 13.2 Å². The van der Waals surface area contributed by atoms with Crippen LogP contribution in [0.1, 0.15) is 6.42 Å². The quantitative estimate of drug-likeness (QED) is 0.674. The molecule has 7 heteroatoms. The third-order valence-electron chi connectivity index (χ3n) is 3.80. The summed E-state index contributed by atoms with van der Waals surface area (Å²) in [6.07, 6.45) is 0.0274. The molecule has 3 aromatic rings. The van der Waals surface area contributed by atoms with Crippen LogP contribution in [0.25, 0.3) is 10.8 Å². The number of amides is 1. The van der Waals surface area contributed by atoms with E-state index in [1.54, 1.807) is 0 Å². The average molecular weight is 389 g/mol. The Kier molecular flexibility index (Phi) is 5.56. The molecule has 0 aromatic heterocycles. The molecule has 3 aromatic carbocycles. The molecule has 1 amide bonds. The van der Waals surface area contributed by atoms with E-state index in [0.717, 1.165) is 10.8 Å². The van der Waals surface area contributed by atoms with Gasteiger partial charge < -0.3 is 5.32 Å². The van der Waals surface area contributed by atoms with Crippen LogP contribution in [0.15, 0.2) is 71.6 Å². The summed E-state index contributed by atoms with van der Waals surface area (Å²) in [5.74, 6) is -0.265. The Labute approximate surface area is 157 Å². The smallest absolute Gasteiger partial charge is 0.240 e. The molecule has 3 rings (SSSR count). The number of hydrogen-bond donors (Lipinski definition) is 2. The van der Waals surface area contributed by atoms with Crippen molar-refractivity contribution in [3.05, 3.63) is 71.8 Å². The standard InChI is InChI=1S/C19H17ClN2O3S/c20-16-6-9-18(10-7-16)26(24,25)21-12-11-19(23)22-17-8-5-14-3-1-2-4-15(14)13-17/h1-10,13,21H,11-12H2,(H,22,23). The topological polar surface area (TPSA) is 75.3 Å². The second-order valence-corrected chi connectivity index (χ2v) is 7.92. The molecule has 0 bridgehead atoms. The van der Waals surface area contributed by atoms with Crippen molar-refractivity contribution in [2.45, 2.75) is 11.3 Å². The summed E-state index contributed by atoms with van der Waals surface area (Å²) in [5, 5.41) is 5.34. The second-order valence-electron chi connectivity index (χ2n) is 5.71. The summed E-state index contributed by atoms with van der Waals surface area (Å²) >= 11 is 5.75. The van der Waals surface area contributed by atoms with Crippen LogP contribution in [0.5, 0.6) is 0 Å². The van der Waals surface area contributed by atoms with Gasteiger partial charge in [0.25, 0.3) is 0 Å². The van der Waals surface area contributed by atoms with Gasteiger partial charge >= 0.3 is 0 Å². The molecule has 0 aliphatic rings. The van der Waals surface area contributed by atoms with E-state index in [2.05, 4.69) is 10.0 Å². The van der Waals surface area contributed by atoms with Crippen molar-refractivity contribution in [3.63, 3.8) is 0 Å². The van der Waals surface area contributed by atoms with E-state index < -0.39 is 10.0 Å². The summed E-state index contributed by atoms with van der Waals surface area (Å²) in [7, 11) is -3.66. The minimum atomic E-state index is -3.66. The molecule has 0 unspecified atom stereocenters. The maximum atomic E-state index is 12.1. The molecule has 0 spiro atoms. The van der Waals surface area contributed by atoms with Gasteiger partial charge in [-0.15, -0.1) is 0 Å². The van der Waals surface area contributed by atoms with Gasteiger partial charge in [0.2, 0.25) is 15.9 Å². The first-order valence-corrected chi connectivity index (χ1v) is 9.84. The van der Waals surface area contributed by atoms with E-state index in [-0.39, 0.29) is 23.8 Å². The Balaban J connectivity index is 1.55. The van der Waals surface area contributed by atoms with Crippen molar-refractivity contribution in [2.24, 2.45) is 0 Å². The number of carbonyl (C=O) groups is 1. The first kappa shape index (κ1) is 18.4. The van der Waals surface area contributed by atoms with Crippen LogP contribution < -0.4 is 10.0 Å². The van der Waals surface area contributed by atoms with Gasteiger partial charge in [0.15, 0.2) is 0 Å². The van der Waals surface area contributed by atoms with Gasteiger partial charge in [0, 0.05) is 23.7 Å². The molecule has 2 N–H and O–H groups in total. The molecule has 0 aliphatic carbocycles. The highest BCUT2D eigenvalue weighted by Gasteiger charge is 2.14. The third-order valence-corrected chi connectivity index (χ3v) is 5.53. The molecular weight excluding hydrogens is 372 g/mol. The van der Waals surface area contributed by atoms with Crippen LogP contribution in [0, 0.1) is 0 Å². The lowest BCUT2D eigenvalue weighted by atomic mass is 10.1. The van der Waals surface area contributed by atoms with E-state index >= 15 is 0 Å². The lowest BCUT2D eigenvalue weighted by Crippen LogP contribution is -2.27. The van der Waals surface area contributed by atoms with Crippen molar-refractivity contribution in [2.75, 3.05) is 11.9 Å². The molecule has 0 aliphatic heterocycles. The third kappa shape index (κ3) is 4.60. The molecule has 26 heavy (non-hydrogen) atoms. The SMILES string of the molecule is O=C(CCNS(=O)(=O)c1ccc(Cl)cc1)Nc1ccc2ccccc2c1. The number of benzene rings is 3. The van der Waals surface area contributed by atoms with Gasteiger partial charge in [0.1, 0.15) is 0 Å². The highest BCUT2D eigenvalue weighted by Crippen LogP contribution is 2.19. The second kappa shape index (κ2) is 7.86. The first-order chi connectivity index (χ1) is 12.4. The number of rotatable bonds is 6. The van der Waals surface area contributed by atoms with Gasteiger partial charge in [-0.1, -0.05) is 41.9 Å². The van der Waals surface area contributed by atoms with Crippen LogP contribution in [0.4, 0.5) is 5.69 Å². The summed E-state index contributed by atoms with van der Waals surface area (Å²) < 4.78 is 26.7. The van der Waals surface area contributed by atoms with Crippen LogP contribution in [0.2, 0.25) is 5.02 Å². The Morgan fingerprint density at radius 1 is 0.923 bits per heavy atom. The van der Waals surface area contributed by atoms with Gasteiger partial charge in [-0.05, 0) is 47.2 Å². The summed E-state index contributed by atoms with van der Waals surface area (Å²) in [6.45, 7) is 0.00434. The van der Waals surface area contributed by atoms with Crippen molar-refractivity contribution in [1.29, 1.82) is 0 Å². The normalized spacial score (nSPS) is 11.4. The predicted molar refractivity (Wildman–Crippen MR) is 104 cm³/mol. The van der Waals surface area contributed by atoms with Crippen LogP contribution in [-0.2, 0) is 14.8 Å². The monoisotopic (exact) mass is 388 g/mol. The predicted octanol–water partition coefficient (Wildman–Crippen LogP) is 3.80. The van der Waals surface area contributed by atoms with E-state index in [1.807, 2.05) is 42.5 Å². The number of halogens is 1. The van der Waals surface area contributed by atoms with Crippen molar-refractivity contribution in [1.82, 2.24) is 4.72 Å². The lowest BCUT2D eigenvalue weighted by molar-refractivity contribution is -0.116. The molecule has 0 heterocycles. The van der Waals surface area contributed by atoms with Gasteiger partial charge in [0.05, 0.1) is 4.90 Å². The van der Waals surface area contributed by atoms with E-state index in [4.69, 9.17) is 11.6 Å². The maximum Gasteiger partial charge on any atom is 0.240 e. The minimum absolute atomic E-state index is 0.00434. The van der Waals surface area contributed by atoms with Crippen LogP contribution in [0.3, 0.4) is 0 Å². The average Bonchev–Trinajstić information content (AvgIpc) is 2.62. The fraction of sp³-hybridized carbons (Fsp3) is 0.105. The zero-order valence-electron chi connectivity index (χ0n) is 13.8.